The Bertz CT molecular complexity index is 2940. The zero-order valence-corrected chi connectivity index (χ0v) is 48.6. The summed E-state index contributed by atoms with van der Waals surface area (Å²) in [4.78, 5) is 113. The van der Waals surface area contributed by atoms with Crippen LogP contribution in [0.2, 0.25) is 0 Å². The monoisotopic (exact) mass is 1120 g/mol. The molecule has 0 spiro atoms. The van der Waals surface area contributed by atoms with E-state index in [2.05, 4.69) is 60.0 Å². The van der Waals surface area contributed by atoms with Crippen molar-refractivity contribution in [3.05, 3.63) is 136 Å². The molecule has 4 aromatic rings. The summed E-state index contributed by atoms with van der Waals surface area (Å²) in [6.07, 6.45) is 10.00. The fraction of sp³-hybridized carbons (Fsp3) is 0.500. The highest BCUT2D eigenvalue weighted by molar-refractivity contribution is 6.05. The van der Waals surface area contributed by atoms with Crippen molar-refractivity contribution in [3.63, 3.8) is 0 Å². The largest absolute Gasteiger partial charge is 0.347 e. The van der Waals surface area contributed by atoms with Crippen LogP contribution in [0.5, 0.6) is 0 Å². The number of rotatable bonds is 20. The van der Waals surface area contributed by atoms with Gasteiger partial charge in [0.15, 0.2) is 0 Å². The van der Waals surface area contributed by atoms with Gasteiger partial charge >= 0.3 is 0 Å². The third kappa shape index (κ3) is 15.2. The molecular formula is C64H84N10O8. The number of carbonyl (C=O) groups excluding carboxylic acids is 8. The minimum Gasteiger partial charge on any atom is -0.347 e. The van der Waals surface area contributed by atoms with E-state index >= 15 is 0 Å². The minimum atomic E-state index is -0.976. The topological polar surface area (TPSA) is 248 Å². The van der Waals surface area contributed by atoms with Gasteiger partial charge in [-0.3, -0.25) is 38.4 Å². The molecule has 0 radical (unpaired) electrons. The molecule has 1 heterocycles. The Labute approximate surface area is 482 Å². The first-order valence-electron chi connectivity index (χ1n) is 29.5. The average molecular weight is 1120 g/mol. The molecular weight excluding hydrogens is 1040 g/mol. The van der Waals surface area contributed by atoms with Crippen molar-refractivity contribution in [2.75, 3.05) is 26.0 Å². The van der Waals surface area contributed by atoms with E-state index in [-0.39, 0.29) is 72.1 Å². The maximum absolute atomic E-state index is 14.6. The molecule has 1 aliphatic heterocycles. The summed E-state index contributed by atoms with van der Waals surface area (Å²) in [6, 6.07) is 23.5. The zero-order valence-electron chi connectivity index (χ0n) is 48.6. The fourth-order valence-electron chi connectivity index (χ4n) is 11.9. The van der Waals surface area contributed by atoms with Crippen LogP contribution in [0.1, 0.15) is 159 Å². The summed E-state index contributed by atoms with van der Waals surface area (Å²) >= 11 is 0. The van der Waals surface area contributed by atoms with Crippen LogP contribution in [0.3, 0.4) is 0 Å². The second-order valence-electron chi connectivity index (χ2n) is 23.9. The predicted octanol–water partition coefficient (Wildman–Crippen LogP) is 5.86. The molecule has 18 heteroatoms. The highest BCUT2D eigenvalue weighted by atomic mass is 16.2. The van der Waals surface area contributed by atoms with Crippen molar-refractivity contribution in [1.29, 1.82) is 0 Å². The third-order valence-electron chi connectivity index (χ3n) is 17.0. The number of anilines is 1. The molecule has 8 amide bonds. The third-order valence-corrected chi connectivity index (χ3v) is 17.0. The Kier molecular flexibility index (Phi) is 20.4. The number of nitrogens with one attached hydrogen (secondary N) is 9. The van der Waals surface area contributed by atoms with Gasteiger partial charge in [-0.15, -0.1) is 0 Å². The molecule has 1 saturated carbocycles. The van der Waals surface area contributed by atoms with Crippen molar-refractivity contribution in [1.82, 2.24) is 47.4 Å². The van der Waals surface area contributed by atoms with Crippen molar-refractivity contribution in [2.45, 2.75) is 172 Å². The second kappa shape index (κ2) is 27.6. The Morgan fingerprint density at radius 1 is 0.573 bits per heavy atom. The molecule has 9 atom stereocenters. The summed E-state index contributed by atoms with van der Waals surface area (Å²) in [5, 5.41) is 27.3. The van der Waals surface area contributed by atoms with E-state index in [0.29, 0.717) is 5.69 Å². The Morgan fingerprint density at radius 3 is 1.70 bits per heavy atom. The van der Waals surface area contributed by atoms with E-state index in [4.69, 9.17) is 0 Å². The number of amides is 8. The van der Waals surface area contributed by atoms with Crippen LogP contribution >= 0.6 is 0 Å². The molecule has 18 nitrogen and oxygen atoms in total. The lowest BCUT2D eigenvalue weighted by Crippen LogP contribution is -2.59. The number of fused-ring (bicyclic) bond motifs is 2. The van der Waals surface area contributed by atoms with Crippen molar-refractivity contribution >= 4 is 52.9 Å². The number of carbonyl (C=O) groups is 8. The highest BCUT2D eigenvalue weighted by Gasteiger charge is 2.46. The van der Waals surface area contributed by atoms with Gasteiger partial charge in [0.05, 0.1) is 24.2 Å². The molecule has 82 heavy (non-hydrogen) atoms. The van der Waals surface area contributed by atoms with Crippen molar-refractivity contribution in [3.8, 4) is 0 Å². The zero-order chi connectivity index (χ0) is 58.7. The molecule has 4 aliphatic rings. The molecule has 1 saturated heterocycles. The lowest BCUT2D eigenvalue weighted by molar-refractivity contribution is -0.144. The van der Waals surface area contributed by atoms with Gasteiger partial charge < -0.3 is 52.8 Å². The number of likely N-dealkylation sites (tertiary alicyclic amines) is 1. The summed E-state index contributed by atoms with van der Waals surface area (Å²) in [5.74, 6) is -3.09. The van der Waals surface area contributed by atoms with Crippen LogP contribution in [0.25, 0.3) is 0 Å². The van der Waals surface area contributed by atoms with Gasteiger partial charge in [-0.2, -0.15) is 0 Å². The van der Waals surface area contributed by atoms with Crippen LogP contribution in [-0.2, 0) is 48.0 Å². The predicted molar refractivity (Wildman–Crippen MR) is 315 cm³/mol. The molecule has 438 valence electrons. The second-order valence-corrected chi connectivity index (χ2v) is 23.9. The number of benzene rings is 4. The van der Waals surface area contributed by atoms with E-state index in [9.17, 15) is 38.4 Å². The molecule has 2 fully saturated rings. The maximum Gasteiger partial charge on any atom is 0.255 e. The molecule has 8 rings (SSSR count). The van der Waals surface area contributed by atoms with Crippen LogP contribution in [0.15, 0.2) is 97.1 Å². The lowest BCUT2D eigenvalue weighted by atomic mass is 9.83. The normalized spacial score (nSPS) is 20.7. The van der Waals surface area contributed by atoms with Gasteiger partial charge in [-0.05, 0) is 161 Å². The molecule has 0 aromatic heterocycles. The standard InChI is InChI=1S/C64H84N10O8/c1-38(65-6)56(75)72-54(43-19-9-8-10-20-43)62(81)71-52(60(79)69-50-25-15-21-41-17-11-13-23-48(41)50)35-40-27-33-46(34-28-40)67-58(77)44-29-31-45(32-30-44)59(78)68-47-36-53(61(80)70-51-26-16-22-42-18-12-14-24-49(42)51)74(37-47)63(82)55(64(3,4)5)73-57(76)39(2)66-7/h11-14,17-18,23-24,27-34,38-39,43,47,50-55,65-66H,8-10,15-16,19-22,25-26,35-37H2,1-7H3,(H,67,77)(H,68,78)(H,69,79)(H,70,80)(H,71,81)(H,72,75)(H,73,76)/t38?,39-,47?,50?,51?,52?,53?,54-,55?/m0/s1. The van der Waals surface area contributed by atoms with Gasteiger partial charge in [0, 0.05) is 35.8 Å². The maximum atomic E-state index is 14.6. The number of aryl methyl sites for hydroxylation is 2. The van der Waals surface area contributed by atoms with Crippen LogP contribution in [0, 0.1) is 11.3 Å². The molecule has 0 bridgehead atoms. The number of likely N-dealkylation sites (N-methyl/N-ethyl adjacent to an activating group) is 2. The van der Waals surface area contributed by atoms with E-state index in [0.717, 1.165) is 87.3 Å². The Hall–Kier alpha value is -7.44. The van der Waals surface area contributed by atoms with E-state index in [1.807, 2.05) is 57.2 Å². The first kappa shape index (κ1) is 60.7. The van der Waals surface area contributed by atoms with E-state index < -0.39 is 71.3 Å². The Morgan fingerprint density at radius 2 is 1.12 bits per heavy atom. The van der Waals surface area contributed by atoms with Crippen LogP contribution in [-0.4, -0.2) is 115 Å². The number of hydrogen-bond acceptors (Lipinski definition) is 10. The molecule has 7 unspecified atom stereocenters. The SMILES string of the molecule is CNC(C)C(=O)N[C@H](C(=O)NC(Cc1ccc(NC(=O)c2ccc(C(=O)NC3CC(C(=O)NC4CCCc5ccccc54)N(C(=O)C(NC(=O)[C@H](C)NC)C(C)(C)C)C3)cc2)cc1)C(=O)NC1CCCc2ccccc21)C1CCCCC1. The quantitative estimate of drug-likeness (QED) is 0.0510. The molecule has 3 aliphatic carbocycles. The van der Waals surface area contributed by atoms with Crippen LogP contribution < -0.4 is 47.9 Å². The minimum absolute atomic E-state index is 0.0301. The summed E-state index contributed by atoms with van der Waals surface area (Å²) in [6.45, 7) is 9.04. The number of hydrogen-bond donors (Lipinski definition) is 9. The van der Waals surface area contributed by atoms with Crippen molar-refractivity contribution < 1.29 is 38.4 Å². The number of nitrogens with zero attached hydrogens (tertiary/aromatic N) is 1. The van der Waals surface area contributed by atoms with Gasteiger partial charge in [-0.25, -0.2) is 0 Å². The van der Waals surface area contributed by atoms with Crippen LogP contribution in [0.4, 0.5) is 5.69 Å². The van der Waals surface area contributed by atoms with Gasteiger partial charge in [0.1, 0.15) is 24.2 Å². The summed E-state index contributed by atoms with van der Waals surface area (Å²) in [7, 11) is 3.35. The molecule has 9 N–H and O–H groups in total. The first-order valence-corrected chi connectivity index (χ1v) is 29.5. The summed E-state index contributed by atoms with van der Waals surface area (Å²) in [5.41, 5.74) is 5.52. The van der Waals surface area contributed by atoms with E-state index in [1.54, 1.807) is 76.5 Å². The Balaban J connectivity index is 0.929. The lowest BCUT2D eigenvalue weighted by Gasteiger charge is -2.36. The van der Waals surface area contributed by atoms with Gasteiger partial charge in [0.2, 0.25) is 35.4 Å². The van der Waals surface area contributed by atoms with E-state index in [1.165, 1.54) is 16.0 Å². The highest BCUT2D eigenvalue weighted by Crippen LogP contribution is 2.33. The van der Waals surface area contributed by atoms with Gasteiger partial charge in [-0.1, -0.05) is 101 Å². The summed E-state index contributed by atoms with van der Waals surface area (Å²) < 4.78 is 0. The van der Waals surface area contributed by atoms with Crippen molar-refractivity contribution in [2.24, 2.45) is 11.3 Å². The van der Waals surface area contributed by atoms with Gasteiger partial charge in [0.25, 0.3) is 11.8 Å². The average Bonchev–Trinajstić information content (AvgIpc) is 4.02. The fourth-order valence-corrected chi connectivity index (χ4v) is 11.9. The first-order chi connectivity index (χ1) is 39.3. The molecule has 4 aromatic carbocycles. The smallest absolute Gasteiger partial charge is 0.255 e.